The van der Waals surface area contributed by atoms with Crippen LogP contribution in [0.2, 0.25) is 0 Å². The van der Waals surface area contributed by atoms with Crippen molar-refractivity contribution in [1.29, 1.82) is 0 Å². The summed E-state index contributed by atoms with van der Waals surface area (Å²) in [6.07, 6.45) is 9.44. The molecule has 1 aromatic rings. The highest BCUT2D eigenvalue weighted by atomic mass is 16.5. The van der Waals surface area contributed by atoms with Crippen molar-refractivity contribution < 1.29 is 9.32 Å². The second-order valence-electron chi connectivity index (χ2n) is 7.66. The van der Waals surface area contributed by atoms with E-state index in [2.05, 4.69) is 15.4 Å². The number of amides is 2. The van der Waals surface area contributed by atoms with Gasteiger partial charge in [0.1, 0.15) is 6.26 Å². The Kier molecular flexibility index (Phi) is 4.74. The molecule has 0 unspecified atom stereocenters. The minimum Gasteiger partial charge on any atom is -0.364 e. The number of hydrogen-bond acceptors (Lipinski definition) is 4. The maximum absolute atomic E-state index is 12.6. The molecule has 0 bridgehead atoms. The van der Waals surface area contributed by atoms with E-state index in [-0.39, 0.29) is 6.03 Å². The summed E-state index contributed by atoms with van der Waals surface area (Å²) in [4.78, 5) is 16.8. The van der Waals surface area contributed by atoms with Crippen LogP contribution >= 0.6 is 0 Å². The van der Waals surface area contributed by atoms with Gasteiger partial charge in [-0.3, -0.25) is 4.90 Å². The molecule has 2 saturated carbocycles. The van der Waals surface area contributed by atoms with E-state index in [0.29, 0.717) is 6.04 Å². The van der Waals surface area contributed by atoms with E-state index in [0.717, 1.165) is 56.7 Å². The Morgan fingerprint density at radius 1 is 1.17 bits per heavy atom. The zero-order valence-corrected chi connectivity index (χ0v) is 14.3. The maximum Gasteiger partial charge on any atom is 0.317 e. The van der Waals surface area contributed by atoms with Crippen LogP contribution in [0.5, 0.6) is 0 Å². The fourth-order valence-corrected chi connectivity index (χ4v) is 4.28. The molecule has 2 amide bonds. The van der Waals surface area contributed by atoms with Crippen LogP contribution in [-0.2, 0) is 6.54 Å². The molecule has 1 N–H and O–H groups in total. The van der Waals surface area contributed by atoms with Gasteiger partial charge < -0.3 is 14.7 Å². The summed E-state index contributed by atoms with van der Waals surface area (Å²) in [6.45, 7) is 4.19. The lowest BCUT2D eigenvalue weighted by atomic mass is 9.83. The second kappa shape index (κ2) is 7.13. The number of nitrogens with zero attached hydrogens (tertiary/aromatic N) is 3. The molecule has 132 valence electrons. The van der Waals surface area contributed by atoms with E-state index in [1.54, 1.807) is 6.26 Å². The minimum atomic E-state index is 0.137. The molecule has 0 aromatic carbocycles. The largest absolute Gasteiger partial charge is 0.364 e. The topological polar surface area (TPSA) is 61.6 Å². The third kappa shape index (κ3) is 3.91. The predicted octanol–water partition coefficient (Wildman–Crippen LogP) is 2.47. The van der Waals surface area contributed by atoms with E-state index in [1.165, 1.54) is 32.1 Å². The molecule has 3 fully saturated rings. The van der Waals surface area contributed by atoms with Gasteiger partial charge in [0.2, 0.25) is 0 Å². The first-order valence-corrected chi connectivity index (χ1v) is 9.45. The molecule has 6 nitrogen and oxygen atoms in total. The lowest BCUT2D eigenvalue weighted by molar-refractivity contribution is 0.128. The van der Waals surface area contributed by atoms with E-state index in [4.69, 9.17) is 4.52 Å². The van der Waals surface area contributed by atoms with Crippen molar-refractivity contribution in [3.63, 3.8) is 0 Å². The lowest BCUT2D eigenvalue weighted by Gasteiger charge is -2.36. The Balaban J connectivity index is 1.21. The summed E-state index contributed by atoms with van der Waals surface area (Å²) in [5.41, 5.74) is 0.959. The summed E-state index contributed by atoms with van der Waals surface area (Å²) >= 11 is 0. The van der Waals surface area contributed by atoms with Crippen LogP contribution in [0.4, 0.5) is 4.79 Å². The molecule has 24 heavy (non-hydrogen) atoms. The second-order valence-corrected chi connectivity index (χ2v) is 7.66. The Bertz CT molecular complexity index is 535. The third-order valence-electron chi connectivity index (χ3n) is 5.87. The number of rotatable bonds is 4. The summed E-state index contributed by atoms with van der Waals surface area (Å²) < 4.78 is 4.88. The van der Waals surface area contributed by atoms with Crippen LogP contribution in [0.3, 0.4) is 0 Å². The smallest absolute Gasteiger partial charge is 0.317 e. The fourth-order valence-electron chi connectivity index (χ4n) is 4.28. The molecule has 4 rings (SSSR count). The molecule has 6 heteroatoms. The Morgan fingerprint density at radius 3 is 2.71 bits per heavy atom. The summed E-state index contributed by atoms with van der Waals surface area (Å²) in [5, 5.41) is 7.26. The van der Waals surface area contributed by atoms with Gasteiger partial charge in [0.25, 0.3) is 0 Å². The van der Waals surface area contributed by atoms with Crippen molar-refractivity contribution >= 4 is 6.03 Å². The lowest BCUT2D eigenvalue weighted by Crippen LogP contribution is -2.53. The molecular weight excluding hydrogens is 304 g/mol. The number of carbonyl (C=O) groups is 1. The molecule has 2 aliphatic carbocycles. The zero-order valence-electron chi connectivity index (χ0n) is 14.3. The summed E-state index contributed by atoms with van der Waals surface area (Å²) in [5.74, 6) is 1.83. The van der Waals surface area contributed by atoms with Crippen molar-refractivity contribution in [3.05, 3.63) is 18.0 Å². The number of nitrogens with one attached hydrogen (secondary N) is 1. The van der Waals surface area contributed by atoms with Crippen molar-refractivity contribution in [1.82, 2.24) is 20.3 Å². The SMILES string of the molecule is O=C(N[C@H]1CCC[C@@H](C2CC2)C1)N1CCN(Cc2ccon2)CC1. The monoisotopic (exact) mass is 332 g/mol. The molecule has 0 spiro atoms. The molecule has 2 heterocycles. The molecule has 1 aliphatic heterocycles. The quantitative estimate of drug-likeness (QED) is 0.920. The normalized spacial score (nSPS) is 28.8. The molecule has 1 aromatic heterocycles. The first-order chi connectivity index (χ1) is 11.8. The first kappa shape index (κ1) is 15.9. The van der Waals surface area contributed by atoms with Crippen LogP contribution in [0.25, 0.3) is 0 Å². The van der Waals surface area contributed by atoms with Crippen molar-refractivity contribution in [2.45, 2.75) is 51.1 Å². The van der Waals surface area contributed by atoms with Gasteiger partial charge in [0.15, 0.2) is 0 Å². The number of piperazine rings is 1. The number of aromatic nitrogens is 1. The van der Waals surface area contributed by atoms with Gasteiger partial charge in [-0.25, -0.2) is 4.79 Å². The maximum atomic E-state index is 12.6. The number of carbonyl (C=O) groups excluding carboxylic acids is 1. The molecule has 2 atom stereocenters. The fraction of sp³-hybridized carbons (Fsp3) is 0.778. The van der Waals surface area contributed by atoms with E-state index in [1.807, 2.05) is 11.0 Å². The van der Waals surface area contributed by atoms with Crippen LogP contribution in [0, 0.1) is 11.8 Å². The van der Waals surface area contributed by atoms with Gasteiger partial charge in [0, 0.05) is 44.8 Å². The molecule has 0 radical (unpaired) electrons. The van der Waals surface area contributed by atoms with Crippen LogP contribution in [0.1, 0.15) is 44.2 Å². The number of hydrogen-bond donors (Lipinski definition) is 1. The molecule has 3 aliphatic rings. The van der Waals surface area contributed by atoms with E-state index >= 15 is 0 Å². The van der Waals surface area contributed by atoms with Gasteiger partial charge in [0.05, 0.1) is 5.69 Å². The average molecular weight is 332 g/mol. The zero-order chi connectivity index (χ0) is 16.4. The van der Waals surface area contributed by atoms with Gasteiger partial charge in [-0.15, -0.1) is 0 Å². The standard InChI is InChI=1S/C18H28N4O2/c23-18(19-16-3-1-2-15(12-16)14-4-5-14)22-9-7-21(8-10-22)13-17-6-11-24-20-17/h6,11,14-16H,1-5,7-10,12-13H2,(H,19,23)/t15-,16+/m1/s1. The van der Waals surface area contributed by atoms with Crippen LogP contribution < -0.4 is 5.32 Å². The Hall–Kier alpha value is -1.56. The highest BCUT2D eigenvalue weighted by Crippen LogP contribution is 2.43. The highest BCUT2D eigenvalue weighted by molar-refractivity contribution is 5.74. The van der Waals surface area contributed by atoms with Crippen LogP contribution in [0.15, 0.2) is 16.9 Å². The minimum absolute atomic E-state index is 0.137. The Morgan fingerprint density at radius 2 is 2.00 bits per heavy atom. The van der Waals surface area contributed by atoms with Crippen molar-refractivity contribution in [2.24, 2.45) is 11.8 Å². The van der Waals surface area contributed by atoms with Crippen LogP contribution in [-0.4, -0.2) is 53.2 Å². The van der Waals surface area contributed by atoms with Gasteiger partial charge in [-0.1, -0.05) is 18.0 Å². The predicted molar refractivity (Wildman–Crippen MR) is 90.4 cm³/mol. The van der Waals surface area contributed by atoms with Gasteiger partial charge >= 0.3 is 6.03 Å². The Labute approximate surface area is 143 Å². The molecular formula is C18H28N4O2. The van der Waals surface area contributed by atoms with Gasteiger partial charge in [-0.05, 0) is 37.5 Å². The first-order valence-electron chi connectivity index (χ1n) is 9.45. The average Bonchev–Trinajstić information content (AvgIpc) is 3.34. The van der Waals surface area contributed by atoms with Crippen molar-refractivity contribution in [3.8, 4) is 0 Å². The van der Waals surface area contributed by atoms with E-state index < -0.39 is 0 Å². The highest BCUT2D eigenvalue weighted by Gasteiger charge is 2.35. The van der Waals surface area contributed by atoms with Crippen molar-refractivity contribution in [2.75, 3.05) is 26.2 Å². The third-order valence-corrected chi connectivity index (χ3v) is 5.87. The van der Waals surface area contributed by atoms with E-state index in [9.17, 15) is 4.79 Å². The summed E-state index contributed by atoms with van der Waals surface area (Å²) in [6, 6.07) is 2.43. The summed E-state index contributed by atoms with van der Waals surface area (Å²) in [7, 11) is 0. The molecule has 1 saturated heterocycles. The van der Waals surface area contributed by atoms with Gasteiger partial charge in [-0.2, -0.15) is 0 Å². The number of urea groups is 1.